The topological polar surface area (TPSA) is 74.6 Å². The van der Waals surface area contributed by atoms with Gasteiger partial charge in [-0.1, -0.05) is 26.0 Å². The Hall–Kier alpha value is -1.58. The van der Waals surface area contributed by atoms with Crippen LogP contribution in [0.15, 0.2) is 23.8 Å². The lowest BCUT2D eigenvalue weighted by atomic mass is 9.98. The van der Waals surface area contributed by atoms with Gasteiger partial charge < -0.3 is 10.2 Å². The number of carboxylic acids is 2. The molecule has 14 heavy (non-hydrogen) atoms. The van der Waals surface area contributed by atoms with Gasteiger partial charge in [0.15, 0.2) is 0 Å². The average Bonchev–Trinajstić information content (AvgIpc) is 2.10. The fourth-order valence-electron chi connectivity index (χ4n) is 0.900. The molecule has 0 aromatic rings. The molecule has 78 valence electrons. The fraction of sp³-hybridized carbons (Fsp3) is 0.400. The Morgan fingerprint density at radius 1 is 1.36 bits per heavy atom. The molecule has 0 saturated carbocycles. The summed E-state index contributed by atoms with van der Waals surface area (Å²) in [5, 5.41) is 17.1. The first-order chi connectivity index (χ1) is 6.49. The largest absolute Gasteiger partial charge is 0.478 e. The van der Waals surface area contributed by atoms with E-state index in [1.165, 1.54) is 12.2 Å². The molecule has 0 amide bonds. The summed E-state index contributed by atoms with van der Waals surface area (Å²) in [5.41, 5.74) is 0.227. The van der Waals surface area contributed by atoms with Gasteiger partial charge in [-0.05, 0) is 12.3 Å². The van der Waals surface area contributed by atoms with E-state index >= 15 is 0 Å². The Balaban J connectivity index is 4.65. The van der Waals surface area contributed by atoms with Gasteiger partial charge in [0.1, 0.15) is 0 Å². The maximum absolute atomic E-state index is 10.7. The SMILES string of the molecule is CCC(C)/C(=C/C=C\C(=O)O)C(=O)O. The molecule has 2 N–H and O–H groups in total. The third-order valence-corrected chi connectivity index (χ3v) is 1.90. The summed E-state index contributed by atoms with van der Waals surface area (Å²) in [7, 11) is 0. The van der Waals surface area contributed by atoms with Crippen LogP contribution >= 0.6 is 0 Å². The predicted molar refractivity (Wildman–Crippen MR) is 51.9 cm³/mol. The van der Waals surface area contributed by atoms with Crippen molar-refractivity contribution in [2.75, 3.05) is 0 Å². The smallest absolute Gasteiger partial charge is 0.331 e. The highest BCUT2D eigenvalue weighted by molar-refractivity contribution is 5.88. The van der Waals surface area contributed by atoms with Crippen LogP contribution in [-0.4, -0.2) is 22.2 Å². The first-order valence-corrected chi connectivity index (χ1v) is 4.33. The zero-order valence-corrected chi connectivity index (χ0v) is 8.23. The number of hydrogen-bond donors (Lipinski definition) is 2. The van der Waals surface area contributed by atoms with E-state index in [0.717, 1.165) is 6.08 Å². The number of carboxylic acid groups (broad SMARTS) is 2. The molecule has 0 saturated heterocycles. The van der Waals surface area contributed by atoms with Gasteiger partial charge >= 0.3 is 11.9 Å². The summed E-state index contributed by atoms with van der Waals surface area (Å²) in [6.45, 7) is 3.66. The zero-order valence-electron chi connectivity index (χ0n) is 8.23. The standard InChI is InChI=1S/C10H14O4/c1-3-7(2)8(10(13)14)5-4-6-9(11)12/h4-7H,3H2,1-2H3,(H,11,12)(H,13,14)/b6-4-,8-5-. The lowest BCUT2D eigenvalue weighted by Crippen LogP contribution is -2.08. The van der Waals surface area contributed by atoms with Crippen molar-refractivity contribution in [3.63, 3.8) is 0 Å². The van der Waals surface area contributed by atoms with Gasteiger partial charge in [0.2, 0.25) is 0 Å². The molecule has 0 aliphatic carbocycles. The number of hydrogen-bond acceptors (Lipinski definition) is 2. The number of rotatable bonds is 5. The minimum atomic E-state index is -1.09. The third-order valence-electron chi connectivity index (χ3n) is 1.90. The van der Waals surface area contributed by atoms with Crippen LogP contribution in [0, 0.1) is 5.92 Å². The van der Waals surface area contributed by atoms with Crippen molar-refractivity contribution < 1.29 is 19.8 Å². The number of aliphatic carboxylic acids is 2. The Bertz CT molecular complexity index is 276. The van der Waals surface area contributed by atoms with Crippen molar-refractivity contribution in [1.29, 1.82) is 0 Å². The summed E-state index contributed by atoms with van der Waals surface area (Å²) in [6, 6.07) is 0. The van der Waals surface area contributed by atoms with Crippen molar-refractivity contribution in [3.8, 4) is 0 Å². The highest BCUT2D eigenvalue weighted by Crippen LogP contribution is 2.14. The Labute approximate surface area is 82.6 Å². The summed E-state index contributed by atoms with van der Waals surface area (Å²) in [5.74, 6) is -2.17. The fourth-order valence-corrected chi connectivity index (χ4v) is 0.900. The van der Waals surface area contributed by atoms with E-state index in [1.54, 1.807) is 6.92 Å². The van der Waals surface area contributed by atoms with Crippen LogP contribution in [-0.2, 0) is 9.59 Å². The lowest BCUT2D eigenvalue weighted by Gasteiger charge is -2.07. The number of allylic oxidation sites excluding steroid dienone is 2. The summed E-state index contributed by atoms with van der Waals surface area (Å²) >= 11 is 0. The highest BCUT2D eigenvalue weighted by Gasteiger charge is 2.12. The Kier molecular flexibility index (Phi) is 5.29. The van der Waals surface area contributed by atoms with Gasteiger partial charge in [0.25, 0.3) is 0 Å². The van der Waals surface area contributed by atoms with Crippen LogP contribution in [0.3, 0.4) is 0 Å². The molecule has 0 aromatic heterocycles. The maximum Gasteiger partial charge on any atom is 0.331 e. The van der Waals surface area contributed by atoms with Gasteiger partial charge in [-0.15, -0.1) is 0 Å². The molecular formula is C10H14O4. The van der Waals surface area contributed by atoms with Crippen LogP contribution in [0.25, 0.3) is 0 Å². The summed E-state index contributed by atoms with van der Waals surface area (Å²) < 4.78 is 0. The molecule has 0 aliphatic heterocycles. The van der Waals surface area contributed by atoms with Crippen LogP contribution in [0.4, 0.5) is 0 Å². The normalized spacial score (nSPS) is 14.3. The van der Waals surface area contributed by atoms with E-state index in [9.17, 15) is 9.59 Å². The van der Waals surface area contributed by atoms with Gasteiger partial charge in [-0.2, -0.15) is 0 Å². The average molecular weight is 198 g/mol. The third kappa shape index (κ3) is 4.45. The second kappa shape index (κ2) is 5.96. The van der Waals surface area contributed by atoms with E-state index in [4.69, 9.17) is 10.2 Å². The van der Waals surface area contributed by atoms with Crippen LogP contribution in [0.2, 0.25) is 0 Å². The molecule has 0 bridgehead atoms. The molecule has 0 spiro atoms. The van der Waals surface area contributed by atoms with Crippen LogP contribution in [0.5, 0.6) is 0 Å². The first-order valence-electron chi connectivity index (χ1n) is 4.33. The van der Waals surface area contributed by atoms with Gasteiger partial charge in [-0.3, -0.25) is 0 Å². The molecule has 0 aromatic carbocycles. The molecule has 4 nitrogen and oxygen atoms in total. The number of carbonyl (C=O) groups is 2. The van der Waals surface area contributed by atoms with E-state index in [-0.39, 0.29) is 11.5 Å². The molecule has 0 heterocycles. The van der Waals surface area contributed by atoms with Crippen molar-refractivity contribution in [2.24, 2.45) is 5.92 Å². The van der Waals surface area contributed by atoms with Crippen LogP contribution < -0.4 is 0 Å². The molecule has 4 heteroatoms. The molecule has 0 fully saturated rings. The van der Waals surface area contributed by atoms with Crippen LogP contribution in [0.1, 0.15) is 20.3 Å². The molecular weight excluding hydrogens is 184 g/mol. The summed E-state index contributed by atoms with van der Waals surface area (Å²) in [6.07, 6.45) is 4.17. The van der Waals surface area contributed by atoms with E-state index < -0.39 is 11.9 Å². The molecule has 1 unspecified atom stereocenters. The van der Waals surface area contributed by atoms with Gasteiger partial charge in [0.05, 0.1) is 0 Å². The van der Waals surface area contributed by atoms with Crippen molar-refractivity contribution in [2.45, 2.75) is 20.3 Å². The van der Waals surface area contributed by atoms with Gasteiger partial charge in [0, 0.05) is 11.6 Å². The second-order valence-electron chi connectivity index (χ2n) is 2.93. The zero-order chi connectivity index (χ0) is 11.1. The molecule has 1 atom stereocenters. The summed E-state index contributed by atoms with van der Waals surface area (Å²) in [4.78, 5) is 20.9. The monoisotopic (exact) mass is 198 g/mol. The minimum absolute atomic E-state index is 0.0778. The maximum atomic E-state index is 10.7. The lowest BCUT2D eigenvalue weighted by molar-refractivity contribution is -0.133. The van der Waals surface area contributed by atoms with Gasteiger partial charge in [-0.25, -0.2) is 9.59 Å². The Morgan fingerprint density at radius 3 is 2.29 bits per heavy atom. The van der Waals surface area contributed by atoms with E-state index in [1.807, 2.05) is 6.92 Å². The van der Waals surface area contributed by atoms with Crippen molar-refractivity contribution in [3.05, 3.63) is 23.8 Å². The quantitative estimate of drug-likeness (QED) is 0.520. The minimum Gasteiger partial charge on any atom is -0.478 e. The predicted octanol–water partition coefficient (Wildman–Crippen LogP) is 1.68. The second-order valence-corrected chi connectivity index (χ2v) is 2.93. The Morgan fingerprint density at radius 2 is 1.93 bits per heavy atom. The van der Waals surface area contributed by atoms with E-state index in [2.05, 4.69) is 0 Å². The molecule has 0 rings (SSSR count). The molecule has 0 radical (unpaired) electrons. The van der Waals surface area contributed by atoms with E-state index in [0.29, 0.717) is 6.42 Å². The highest BCUT2D eigenvalue weighted by atomic mass is 16.4. The first kappa shape index (κ1) is 12.4. The van der Waals surface area contributed by atoms with Crippen molar-refractivity contribution in [1.82, 2.24) is 0 Å². The van der Waals surface area contributed by atoms with Crippen molar-refractivity contribution >= 4 is 11.9 Å². The molecule has 0 aliphatic rings.